The molecule has 7 nitrogen and oxygen atoms in total. The first-order chi connectivity index (χ1) is 14.1. The maximum Gasteiger partial charge on any atom is 0.226 e. The van der Waals surface area contributed by atoms with E-state index in [1.807, 2.05) is 30.3 Å². The van der Waals surface area contributed by atoms with Crippen LogP contribution in [0.2, 0.25) is 0 Å². The molecule has 2 aliphatic rings. The first-order valence-corrected chi connectivity index (χ1v) is 10.2. The van der Waals surface area contributed by atoms with Crippen LogP contribution in [0.15, 0.2) is 40.6 Å². The number of likely N-dealkylation sites (tertiary alicyclic amines) is 1. The van der Waals surface area contributed by atoms with Crippen molar-refractivity contribution in [3.63, 3.8) is 0 Å². The van der Waals surface area contributed by atoms with Crippen LogP contribution in [-0.4, -0.2) is 48.6 Å². The Morgan fingerprint density at radius 1 is 1.28 bits per heavy atom. The van der Waals surface area contributed by atoms with E-state index in [4.69, 9.17) is 11.2 Å². The summed E-state index contributed by atoms with van der Waals surface area (Å²) in [5.74, 6) is 3.21. The van der Waals surface area contributed by atoms with Gasteiger partial charge >= 0.3 is 0 Å². The fourth-order valence-corrected chi connectivity index (χ4v) is 3.55. The van der Waals surface area contributed by atoms with Gasteiger partial charge in [0.15, 0.2) is 5.66 Å². The highest BCUT2D eigenvalue weighted by Crippen LogP contribution is 2.36. The molecule has 1 unspecified atom stereocenters. The molecule has 0 aromatic heterocycles. The number of rotatable bonds is 10. The molecule has 1 aromatic rings. The standard InChI is InChI=1S/C22H28N4O3/c1-2-3-12-22(24-25-22)13-14-23-21(28)18-8-7-15-26(17-18)20(27)11-16-29-19-9-5-4-6-10-19/h1,4-6,9-10,18H,3,7-8,11-17H2,(H,23,28). The van der Waals surface area contributed by atoms with Gasteiger partial charge in [-0.05, 0) is 25.0 Å². The summed E-state index contributed by atoms with van der Waals surface area (Å²) < 4.78 is 5.60. The fourth-order valence-electron chi connectivity index (χ4n) is 3.55. The van der Waals surface area contributed by atoms with Crippen molar-refractivity contribution in [2.24, 2.45) is 16.1 Å². The molecule has 0 bridgehead atoms. The molecule has 2 heterocycles. The van der Waals surface area contributed by atoms with Crippen molar-refractivity contribution in [1.82, 2.24) is 10.2 Å². The van der Waals surface area contributed by atoms with E-state index in [9.17, 15) is 9.59 Å². The SMILES string of the molecule is C#CCCC1(CCNC(=O)C2CCCN(C(=O)CCOc3ccccc3)C2)N=N1. The van der Waals surface area contributed by atoms with Gasteiger partial charge < -0.3 is 15.0 Å². The Morgan fingerprint density at radius 2 is 2.07 bits per heavy atom. The van der Waals surface area contributed by atoms with Gasteiger partial charge in [0.1, 0.15) is 5.75 Å². The first kappa shape index (κ1) is 20.8. The Labute approximate surface area is 171 Å². The van der Waals surface area contributed by atoms with Crippen molar-refractivity contribution < 1.29 is 14.3 Å². The largest absolute Gasteiger partial charge is 0.493 e. The van der Waals surface area contributed by atoms with Crippen LogP contribution in [0, 0.1) is 18.3 Å². The molecular formula is C22H28N4O3. The molecule has 1 fully saturated rings. The highest BCUT2D eigenvalue weighted by molar-refractivity contribution is 5.81. The summed E-state index contributed by atoms with van der Waals surface area (Å²) in [6.07, 6.45) is 9.27. The minimum absolute atomic E-state index is 0.00390. The lowest BCUT2D eigenvalue weighted by Gasteiger charge is -2.32. The van der Waals surface area contributed by atoms with Crippen LogP contribution < -0.4 is 10.1 Å². The van der Waals surface area contributed by atoms with Crippen LogP contribution in [0.4, 0.5) is 0 Å². The summed E-state index contributed by atoms with van der Waals surface area (Å²) in [6, 6.07) is 9.44. The molecule has 1 saturated heterocycles. The molecule has 2 amide bonds. The van der Waals surface area contributed by atoms with Crippen LogP contribution in [0.25, 0.3) is 0 Å². The minimum atomic E-state index is -0.382. The van der Waals surface area contributed by atoms with E-state index in [0.717, 1.165) is 25.0 Å². The number of piperidine rings is 1. The summed E-state index contributed by atoms with van der Waals surface area (Å²) in [4.78, 5) is 26.8. The van der Waals surface area contributed by atoms with E-state index >= 15 is 0 Å². The Morgan fingerprint density at radius 3 is 2.79 bits per heavy atom. The van der Waals surface area contributed by atoms with Crippen molar-refractivity contribution in [2.75, 3.05) is 26.2 Å². The highest BCUT2D eigenvalue weighted by Gasteiger charge is 2.39. The van der Waals surface area contributed by atoms with Crippen molar-refractivity contribution in [3.05, 3.63) is 30.3 Å². The number of benzene rings is 1. The number of hydrogen-bond donors (Lipinski definition) is 1. The molecule has 0 saturated carbocycles. The second-order valence-electron chi connectivity index (χ2n) is 7.52. The molecule has 0 spiro atoms. The van der Waals surface area contributed by atoms with Gasteiger partial charge in [-0.1, -0.05) is 18.2 Å². The lowest BCUT2D eigenvalue weighted by Crippen LogP contribution is -2.46. The zero-order valence-corrected chi connectivity index (χ0v) is 16.7. The number of carbonyl (C=O) groups is 2. The summed E-state index contributed by atoms with van der Waals surface area (Å²) >= 11 is 0. The van der Waals surface area contributed by atoms with Gasteiger partial charge in [0, 0.05) is 38.9 Å². The monoisotopic (exact) mass is 396 g/mol. The fraction of sp³-hybridized carbons (Fsp3) is 0.545. The minimum Gasteiger partial charge on any atom is -0.493 e. The molecule has 0 radical (unpaired) electrons. The number of nitrogens with zero attached hydrogens (tertiary/aromatic N) is 3. The molecule has 7 heteroatoms. The molecule has 154 valence electrons. The van der Waals surface area contributed by atoms with Gasteiger partial charge in [0.2, 0.25) is 11.8 Å². The average molecular weight is 396 g/mol. The van der Waals surface area contributed by atoms with Crippen molar-refractivity contribution in [3.8, 4) is 18.1 Å². The van der Waals surface area contributed by atoms with Crippen molar-refractivity contribution in [1.29, 1.82) is 0 Å². The van der Waals surface area contributed by atoms with E-state index in [2.05, 4.69) is 21.5 Å². The second-order valence-corrected chi connectivity index (χ2v) is 7.52. The van der Waals surface area contributed by atoms with Gasteiger partial charge in [0.05, 0.1) is 18.9 Å². The molecule has 1 aromatic carbocycles. The Kier molecular flexibility index (Phi) is 7.23. The second kappa shape index (κ2) is 10.1. The quantitative estimate of drug-likeness (QED) is 0.617. The van der Waals surface area contributed by atoms with Crippen LogP contribution in [0.1, 0.15) is 38.5 Å². The van der Waals surface area contributed by atoms with Gasteiger partial charge in [-0.15, -0.1) is 12.3 Å². The van der Waals surface area contributed by atoms with Crippen molar-refractivity contribution in [2.45, 2.75) is 44.2 Å². The van der Waals surface area contributed by atoms with E-state index in [-0.39, 0.29) is 23.4 Å². The maximum absolute atomic E-state index is 12.5. The number of amides is 2. The predicted octanol–water partition coefficient (Wildman–Crippen LogP) is 2.78. The summed E-state index contributed by atoms with van der Waals surface area (Å²) in [5.41, 5.74) is -0.382. The molecular weight excluding hydrogens is 368 g/mol. The van der Waals surface area contributed by atoms with E-state index < -0.39 is 0 Å². The van der Waals surface area contributed by atoms with Crippen LogP contribution in [0.3, 0.4) is 0 Å². The number of nitrogens with one attached hydrogen (secondary N) is 1. The third-order valence-corrected chi connectivity index (χ3v) is 5.35. The highest BCUT2D eigenvalue weighted by atomic mass is 16.5. The molecule has 1 N–H and O–H groups in total. The zero-order valence-electron chi connectivity index (χ0n) is 16.7. The lowest BCUT2D eigenvalue weighted by molar-refractivity contribution is -0.136. The van der Waals surface area contributed by atoms with E-state index in [1.165, 1.54) is 0 Å². The molecule has 29 heavy (non-hydrogen) atoms. The van der Waals surface area contributed by atoms with E-state index in [0.29, 0.717) is 45.5 Å². The Bertz CT molecular complexity index is 766. The van der Waals surface area contributed by atoms with Gasteiger partial charge in [-0.2, -0.15) is 10.2 Å². The number of ether oxygens (including phenoxy) is 1. The van der Waals surface area contributed by atoms with Gasteiger partial charge in [-0.25, -0.2) is 0 Å². The van der Waals surface area contributed by atoms with Crippen molar-refractivity contribution >= 4 is 11.8 Å². The number of hydrogen-bond acceptors (Lipinski definition) is 5. The normalized spacial score (nSPS) is 19.3. The van der Waals surface area contributed by atoms with Gasteiger partial charge in [-0.3, -0.25) is 9.59 Å². The summed E-state index contributed by atoms with van der Waals surface area (Å²) in [6.45, 7) is 2.02. The summed E-state index contributed by atoms with van der Waals surface area (Å²) in [7, 11) is 0. The zero-order chi connectivity index (χ0) is 20.5. The molecule has 0 aliphatic carbocycles. The average Bonchev–Trinajstić information content (AvgIpc) is 3.53. The predicted molar refractivity (Wildman–Crippen MR) is 109 cm³/mol. The summed E-state index contributed by atoms with van der Waals surface area (Å²) in [5, 5.41) is 11.1. The third kappa shape index (κ3) is 6.31. The third-order valence-electron chi connectivity index (χ3n) is 5.35. The van der Waals surface area contributed by atoms with Crippen LogP contribution in [0.5, 0.6) is 5.75 Å². The first-order valence-electron chi connectivity index (χ1n) is 10.2. The maximum atomic E-state index is 12.5. The smallest absolute Gasteiger partial charge is 0.226 e. The molecule has 1 atom stereocenters. The lowest BCUT2D eigenvalue weighted by atomic mass is 9.96. The van der Waals surface area contributed by atoms with Gasteiger partial charge in [0.25, 0.3) is 0 Å². The Hall–Kier alpha value is -2.88. The molecule has 2 aliphatic heterocycles. The number of carbonyl (C=O) groups excluding carboxylic acids is 2. The molecule has 3 rings (SSSR count). The number of terminal acetylenes is 1. The topological polar surface area (TPSA) is 83.4 Å². The van der Waals surface area contributed by atoms with Crippen LogP contribution in [-0.2, 0) is 9.59 Å². The Balaban J connectivity index is 1.36. The van der Waals surface area contributed by atoms with E-state index in [1.54, 1.807) is 4.90 Å². The van der Waals surface area contributed by atoms with Crippen LogP contribution >= 0.6 is 0 Å². The number of para-hydroxylation sites is 1.